The molecule has 0 aliphatic rings. The lowest BCUT2D eigenvalue weighted by atomic mass is 10.1. The number of nitrogens with zero attached hydrogens (tertiary/aromatic N) is 3. The summed E-state index contributed by atoms with van der Waals surface area (Å²) in [4.78, 5) is 43.1. The quantitative estimate of drug-likeness (QED) is 0.717. The molecule has 0 aliphatic heterocycles. The third-order valence-corrected chi connectivity index (χ3v) is 3.67. The molecular formula is C15H14N4O4. The van der Waals surface area contributed by atoms with Gasteiger partial charge in [0.2, 0.25) is 0 Å². The molecule has 0 saturated carbocycles. The molecule has 0 fully saturated rings. The van der Waals surface area contributed by atoms with Crippen molar-refractivity contribution in [1.82, 2.24) is 19.1 Å². The summed E-state index contributed by atoms with van der Waals surface area (Å²) < 4.78 is 7.22. The fourth-order valence-corrected chi connectivity index (χ4v) is 2.35. The van der Waals surface area contributed by atoms with Gasteiger partial charge in [-0.2, -0.15) is 0 Å². The molecule has 0 spiro atoms. The standard InChI is InChI=1S/C15H14N4O4/c1-18-12-11(14(21)19(2)15(18)22)17-13(20)10(16-12)8-4-6-9(23-3)7-5-8/h4-7H,1-3H3,(H,17,20). The fourth-order valence-electron chi connectivity index (χ4n) is 2.35. The van der Waals surface area contributed by atoms with Crippen LogP contribution in [0.25, 0.3) is 22.4 Å². The summed E-state index contributed by atoms with van der Waals surface area (Å²) in [5.41, 5.74) is -0.791. The zero-order valence-corrected chi connectivity index (χ0v) is 12.8. The molecule has 0 radical (unpaired) electrons. The molecule has 2 aromatic heterocycles. The lowest BCUT2D eigenvalue weighted by Gasteiger charge is -2.08. The van der Waals surface area contributed by atoms with E-state index >= 15 is 0 Å². The Morgan fingerprint density at radius 1 is 1.04 bits per heavy atom. The number of methoxy groups -OCH3 is 1. The van der Waals surface area contributed by atoms with Gasteiger partial charge in [0, 0.05) is 19.7 Å². The van der Waals surface area contributed by atoms with Gasteiger partial charge in [0.05, 0.1) is 7.11 Å². The molecule has 3 rings (SSSR count). The van der Waals surface area contributed by atoms with Crippen molar-refractivity contribution < 1.29 is 4.74 Å². The lowest BCUT2D eigenvalue weighted by molar-refractivity contribution is 0.415. The minimum Gasteiger partial charge on any atom is -0.497 e. The van der Waals surface area contributed by atoms with E-state index in [0.717, 1.165) is 4.57 Å². The Hall–Kier alpha value is -3.16. The van der Waals surface area contributed by atoms with Gasteiger partial charge in [-0.25, -0.2) is 9.78 Å². The molecule has 2 heterocycles. The van der Waals surface area contributed by atoms with Crippen molar-refractivity contribution in [2.75, 3.05) is 7.11 Å². The molecule has 0 saturated heterocycles. The number of aryl methyl sites for hydroxylation is 1. The normalized spacial score (nSPS) is 10.9. The minimum atomic E-state index is -0.589. The SMILES string of the molecule is COc1ccc(-c2nc3c([nH]c2=O)c(=O)n(C)c(=O)n3C)cc1. The number of hydrogen-bond acceptors (Lipinski definition) is 5. The number of benzene rings is 1. The Morgan fingerprint density at radius 2 is 1.70 bits per heavy atom. The number of rotatable bonds is 2. The summed E-state index contributed by atoms with van der Waals surface area (Å²) in [5, 5.41) is 0. The lowest BCUT2D eigenvalue weighted by Crippen LogP contribution is -2.38. The smallest absolute Gasteiger partial charge is 0.332 e. The predicted octanol–water partition coefficient (Wildman–Crippen LogP) is -0.00390. The van der Waals surface area contributed by atoms with E-state index in [1.807, 2.05) is 0 Å². The number of nitrogens with one attached hydrogen (secondary N) is 1. The van der Waals surface area contributed by atoms with Crippen LogP contribution >= 0.6 is 0 Å². The van der Waals surface area contributed by atoms with Crippen LogP contribution in [0, 0.1) is 0 Å². The zero-order chi connectivity index (χ0) is 16.7. The largest absolute Gasteiger partial charge is 0.497 e. The summed E-state index contributed by atoms with van der Waals surface area (Å²) in [6, 6.07) is 6.76. The number of aromatic nitrogens is 4. The molecule has 0 atom stereocenters. The zero-order valence-electron chi connectivity index (χ0n) is 12.8. The molecule has 8 heteroatoms. The van der Waals surface area contributed by atoms with Crippen LogP contribution in [0.2, 0.25) is 0 Å². The average Bonchev–Trinajstić information content (AvgIpc) is 2.58. The van der Waals surface area contributed by atoms with Crippen molar-refractivity contribution in [3.05, 3.63) is 55.5 Å². The highest BCUT2D eigenvalue weighted by Gasteiger charge is 2.14. The first-order valence-electron chi connectivity index (χ1n) is 6.78. The Kier molecular flexibility index (Phi) is 3.36. The van der Waals surface area contributed by atoms with Crippen LogP contribution in [-0.2, 0) is 14.1 Å². The second-order valence-electron chi connectivity index (χ2n) is 5.05. The summed E-state index contributed by atoms with van der Waals surface area (Å²) in [5.74, 6) is 0.646. The molecule has 0 aliphatic carbocycles. The minimum absolute atomic E-state index is 0.00291. The van der Waals surface area contributed by atoms with Gasteiger partial charge in [0.1, 0.15) is 11.4 Å². The molecule has 3 aromatic rings. The second-order valence-corrected chi connectivity index (χ2v) is 5.05. The maximum Gasteiger partial charge on any atom is 0.332 e. The molecular weight excluding hydrogens is 300 g/mol. The Morgan fingerprint density at radius 3 is 2.30 bits per heavy atom. The molecule has 1 N–H and O–H groups in total. The van der Waals surface area contributed by atoms with E-state index in [9.17, 15) is 14.4 Å². The van der Waals surface area contributed by atoms with Crippen molar-refractivity contribution in [3.63, 3.8) is 0 Å². The number of aromatic amines is 1. The van der Waals surface area contributed by atoms with Crippen LogP contribution in [0.4, 0.5) is 0 Å². The fraction of sp³-hybridized carbons (Fsp3) is 0.200. The van der Waals surface area contributed by atoms with E-state index in [1.54, 1.807) is 31.4 Å². The Labute approximate surface area is 129 Å². The second kappa shape index (κ2) is 5.24. The van der Waals surface area contributed by atoms with E-state index in [1.165, 1.54) is 18.7 Å². The van der Waals surface area contributed by atoms with Gasteiger partial charge in [-0.05, 0) is 24.3 Å². The summed E-state index contributed by atoms with van der Waals surface area (Å²) in [6.07, 6.45) is 0. The van der Waals surface area contributed by atoms with Gasteiger partial charge in [0.15, 0.2) is 11.2 Å². The molecule has 0 unspecified atom stereocenters. The van der Waals surface area contributed by atoms with Crippen LogP contribution in [0.3, 0.4) is 0 Å². The van der Waals surface area contributed by atoms with Gasteiger partial charge < -0.3 is 9.72 Å². The third-order valence-electron chi connectivity index (χ3n) is 3.67. The van der Waals surface area contributed by atoms with Gasteiger partial charge in [0.25, 0.3) is 11.1 Å². The molecule has 8 nitrogen and oxygen atoms in total. The van der Waals surface area contributed by atoms with Gasteiger partial charge in [-0.3, -0.25) is 18.7 Å². The summed E-state index contributed by atoms with van der Waals surface area (Å²) in [6.45, 7) is 0. The Bertz CT molecular complexity index is 1070. The first kappa shape index (κ1) is 14.8. The van der Waals surface area contributed by atoms with Crippen molar-refractivity contribution in [2.45, 2.75) is 0 Å². The Balaban J connectivity index is 2.35. The number of ether oxygens (including phenoxy) is 1. The highest BCUT2D eigenvalue weighted by atomic mass is 16.5. The maximum atomic E-state index is 12.3. The van der Waals surface area contributed by atoms with E-state index in [-0.39, 0.29) is 16.9 Å². The van der Waals surface area contributed by atoms with Crippen LogP contribution < -0.4 is 21.5 Å². The van der Waals surface area contributed by atoms with Gasteiger partial charge in [-0.15, -0.1) is 0 Å². The van der Waals surface area contributed by atoms with Crippen molar-refractivity contribution in [1.29, 1.82) is 0 Å². The number of H-pyrrole nitrogens is 1. The molecule has 0 amide bonds. The number of fused-ring (bicyclic) bond motifs is 1. The van der Waals surface area contributed by atoms with Crippen molar-refractivity contribution in [2.24, 2.45) is 14.1 Å². The molecule has 1 aromatic carbocycles. The predicted molar refractivity (Wildman–Crippen MR) is 84.8 cm³/mol. The molecule has 0 bridgehead atoms. The first-order valence-corrected chi connectivity index (χ1v) is 6.78. The first-order chi connectivity index (χ1) is 10.9. The molecule has 23 heavy (non-hydrogen) atoms. The monoisotopic (exact) mass is 314 g/mol. The van der Waals surface area contributed by atoms with Crippen molar-refractivity contribution >= 4 is 11.2 Å². The van der Waals surface area contributed by atoms with E-state index in [4.69, 9.17) is 4.74 Å². The van der Waals surface area contributed by atoms with E-state index in [2.05, 4.69) is 9.97 Å². The third kappa shape index (κ3) is 2.24. The number of hydrogen-bond donors (Lipinski definition) is 1. The van der Waals surface area contributed by atoms with Gasteiger partial charge >= 0.3 is 5.69 Å². The van der Waals surface area contributed by atoms with Crippen LogP contribution in [0.15, 0.2) is 38.6 Å². The van der Waals surface area contributed by atoms with Crippen LogP contribution in [-0.4, -0.2) is 26.2 Å². The maximum absolute atomic E-state index is 12.3. The highest BCUT2D eigenvalue weighted by Crippen LogP contribution is 2.18. The molecule has 118 valence electrons. The summed E-state index contributed by atoms with van der Waals surface area (Å²) in [7, 11) is 4.38. The van der Waals surface area contributed by atoms with Crippen LogP contribution in [0.1, 0.15) is 0 Å². The van der Waals surface area contributed by atoms with Crippen molar-refractivity contribution in [3.8, 4) is 17.0 Å². The van der Waals surface area contributed by atoms with Crippen LogP contribution in [0.5, 0.6) is 5.75 Å². The van der Waals surface area contributed by atoms with E-state index < -0.39 is 16.8 Å². The van der Waals surface area contributed by atoms with E-state index in [0.29, 0.717) is 11.3 Å². The highest BCUT2D eigenvalue weighted by molar-refractivity contribution is 5.73. The summed E-state index contributed by atoms with van der Waals surface area (Å²) >= 11 is 0. The topological polar surface area (TPSA) is 99.0 Å². The van der Waals surface area contributed by atoms with Gasteiger partial charge in [-0.1, -0.05) is 0 Å². The average molecular weight is 314 g/mol.